The van der Waals surface area contributed by atoms with Crippen molar-refractivity contribution in [1.82, 2.24) is 10.9 Å². The Morgan fingerprint density at radius 1 is 1.00 bits per heavy atom. The smallest absolute Gasteiger partial charge is 0.416 e. The van der Waals surface area contributed by atoms with Gasteiger partial charge in [-0.1, -0.05) is 12.1 Å². The van der Waals surface area contributed by atoms with Gasteiger partial charge in [0, 0.05) is 17.3 Å². The van der Waals surface area contributed by atoms with Crippen molar-refractivity contribution in [3.05, 3.63) is 95.2 Å². The zero-order valence-electron chi connectivity index (χ0n) is 18.6. The van der Waals surface area contributed by atoms with E-state index in [2.05, 4.69) is 10.9 Å². The Morgan fingerprint density at radius 3 is 2.36 bits per heavy atom. The lowest BCUT2D eigenvalue weighted by Gasteiger charge is -2.19. The molecule has 3 aromatic carbocycles. The summed E-state index contributed by atoms with van der Waals surface area (Å²) in [5, 5.41) is 9.29. The van der Waals surface area contributed by atoms with Gasteiger partial charge in [0.25, 0.3) is 11.8 Å². The first-order valence-corrected chi connectivity index (χ1v) is 10.4. The molecule has 0 saturated heterocycles. The van der Waals surface area contributed by atoms with Crippen LogP contribution in [0.2, 0.25) is 0 Å². The Bertz CT molecular complexity index is 1380. The minimum atomic E-state index is -4.66. The van der Waals surface area contributed by atoms with Gasteiger partial charge in [0.2, 0.25) is 0 Å². The quantitative estimate of drug-likeness (QED) is 0.345. The van der Waals surface area contributed by atoms with Gasteiger partial charge in [-0.25, -0.2) is 4.79 Å². The van der Waals surface area contributed by atoms with E-state index in [0.29, 0.717) is 11.3 Å². The maximum absolute atomic E-state index is 13.4. The molecule has 0 unspecified atom stereocenters. The molecule has 1 heterocycles. The third-order valence-corrected chi connectivity index (χ3v) is 5.40. The van der Waals surface area contributed by atoms with Gasteiger partial charge in [0.1, 0.15) is 5.75 Å². The molecule has 11 heteroatoms. The third-order valence-electron chi connectivity index (χ3n) is 5.40. The van der Waals surface area contributed by atoms with Crippen molar-refractivity contribution >= 4 is 34.7 Å². The Hall–Kier alpha value is -4.80. The summed E-state index contributed by atoms with van der Waals surface area (Å²) in [6, 6.07) is 14.3. The summed E-state index contributed by atoms with van der Waals surface area (Å²) in [6.45, 7) is 0. The lowest BCUT2D eigenvalue weighted by Crippen LogP contribution is -2.34. The van der Waals surface area contributed by atoms with Crippen LogP contribution >= 0.6 is 0 Å². The largest absolute Gasteiger partial charge is 0.497 e. The summed E-state index contributed by atoms with van der Waals surface area (Å²) in [6.07, 6.45) is -3.50. The summed E-state index contributed by atoms with van der Waals surface area (Å²) in [7, 11) is 1.48. The number of carbonyl (C=O) groups is 3. The SMILES string of the molecule is COc1ccc(C(=O)NNC=C2C(=O)N(c3cccc(C(=O)O)c3)c3cc(C(F)(F)F)ccc32)cc1. The fraction of sp³-hybridized carbons (Fsp3) is 0.0800. The van der Waals surface area contributed by atoms with Crippen LogP contribution in [-0.4, -0.2) is 30.0 Å². The average Bonchev–Trinajstić information content (AvgIpc) is 3.14. The minimum absolute atomic E-state index is 0.0329. The van der Waals surface area contributed by atoms with Crippen molar-refractivity contribution in [2.24, 2.45) is 0 Å². The number of methoxy groups -OCH3 is 1. The highest BCUT2D eigenvalue weighted by atomic mass is 19.4. The zero-order valence-corrected chi connectivity index (χ0v) is 18.6. The van der Waals surface area contributed by atoms with Crippen LogP contribution in [0.15, 0.2) is 72.9 Å². The maximum Gasteiger partial charge on any atom is 0.416 e. The highest BCUT2D eigenvalue weighted by molar-refractivity contribution is 6.35. The number of carboxylic acid groups (broad SMARTS) is 1. The van der Waals surface area contributed by atoms with Crippen LogP contribution in [0.1, 0.15) is 31.8 Å². The number of anilines is 2. The molecule has 0 spiro atoms. The molecule has 36 heavy (non-hydrogen) atoms. The molecule has 0 bridgehead atoms. The monoisotopic (exact) mass is 497 g/mol. The number of ether oxygens (including phenoxy) is 1. The number of nitrogens with zero attached hydrogens (tertiary/aromatic N) is 1. The molecule has 1 aliphatic rings. The van der Waals surface area contributed by atoms with Gasteiger partial charge in [0.05, 0.1) is 35.2 Å². The van der Waals surface area contributed by atoms with Crippen LogP contribution in [0.4, 0.5) is 24.5 Å². The summed E-state index contributed by atoms with van der Waals surface area (Å²) in [5.74, 6) is -1.94. The second-order valence-corrected chi connectivity index (χ2v) is 7.61. The number of carboxylic acids is 1. The Labute approximate surface area is 202 Å². The molecule has 0 radical (unpaired) electrons. The summed E-state index contributed by atoms with van der Waals surface area (Å²) in [4.78, 5) is 38.0. The molecule has 3 N–H and O–H groups in total. The molecule has 0 aliphatic carbocycles. The number of carbonyl (C=O) groups excluding carboxylic acids is 2. The van der Waals surface area contributed by atoms with E-state index in [1.54, 1.807) is 12.1 Å². The molecule has 0 aromatic heterocycles. The van der Waals surface area contributed by atoms with Gasteiger partial charge >= 0.3 is 12.1 Å². The van der Waals surface area contributed by atoms with Crippen LogP contribution in [0, 0.1) is 0 Å². The van der Waals surface area contributed by atoms with Crippen molar-refractivity contribution in [2.75, 3.05) is 12.0 Å². The average molecular weight is 497 g/mol. The minimum Gasteiger partial charge on any atom is -0.497 e. The molecule has 1 aliphatic heterocycles. The van der Waals surface area contributed by atoms with Gasteiger partial charge < -0.3 is 15.3 Å². The zero-order chi connectivity index (χ0) is 26.0. The second-order valence-electron chi connectivity index (χ2n) is 7.61. The highest BCUT2D eigenvalue weighted by Crippen LogP contribution is 2.44. The van der Waals surface area contributed by atoms with E-state index in [1.807, 2.05) is 0 Å². The number of fused-ring (bicyclic) bond motifs is 1. The number of amides is 2. The summed E-state index contributed by atoms with van der Waals surface area (Å²) >= 11 is 0. The lowest BCUT2D eigenvalue weighted by molar-refractivity contribution is -0.137. The highest BCUT2D eigenvalue weighted by Gasteiger charge is 2.38. The molecule has 4 rings (SSSR count). The van der Waals surface area contributed by atoms with E-state index in [4.69, 9.17) is 4.74 Å². The van der Waals surface area contributed by atoms with Gasteiger partial charge in [0.15, 0.2) is 0 Å². The van der Waals surface area contributed by atoms with Crippen molar-refractivity contribution in [3.8, 4) is 5.75 Å². The third kappa shape index (κ3) is 4.71. The van der Waals surface area contributed by atoms with Crippen LogP contribution in [0.5, 0.6) is 5.75 Å². The first-order chi connectivity index (χ1) is 17.1. The number of nitrogens with one attached hydrogen (secondary N) is 2. The summed E-state index contributed by atoms with van der Waals surface area (Å²) < 4.78 is 45.2. The van der Waals surface area contributed by atoms with Gasteiger partial charge in [-0.3, -0.25) is 19.9 Å². The first kappa shape index (κ1) is 24.3. The molecule has 0 atom stereocenters. The van der Waals surface area contributed by atoms with Gasteiger partial charge in [-0.2, -0.15) is 13.2 Å². The molecular weight excluding hydrogens is 479 g/mol. The Morgan fingerprint density at radius 2 is 1.72 bits per heavy atom. The van der Waals surface area contributed by atoms with Crippen molar-refractivity contribution < 1.29 is 37.4 Å². The molecule has 3 aromatic rings. The maximum atomic E-state index is 13.4. The van der Waals surface area contributed by atoms with E-state index in [-0.39, 0.29) is 28.1 Å². The second kappa shape index (κ2) is 9.45. The molecule has 0 fully saturated rings. The van der Waals surface area contributed by atoms with E-state index in [1.165, 1.54) is 43.5 Å². The van der Waals surface area contributed by atoms with Crippen LogP contribution in [0.3, 0.4) is 0 Å². The van der Waals surface area contributed by atoms with E-state index >= 15 is 0 Å². The number of hydrogen-bond donors (Lipinski definition) is 3. The molecule has 0 saturated carbocycles. The first-order valence-electron chi connectivity index (χ1n) is 10.4. The number of benzene rings is 3. The summed E-state index contributed by atoms with van der Waals surface area (Å²) in [5.41, 5.74) is 4.22. The number of hydrogen-bond acceptors (Lipinski definition) is 5. The van der Waals surface area contributed by atoms with E-state index in [9.17, 15) is 32.7 Å². The molecule has 2 amide bonds. The van der Waals surface area contributed by atoms with E-state index < -0.39 is 29.5 Å². The standard InChI is InChI=1S/C25H18F3N3O5/c1-36-18-8-5-14(6-9-18)22(32)30-29-13-20-19-10-7-16(25(26,27)28)12-21(19)31(23(20)33)17-4-2-3-15(11-17)24(34)35/h2-13,29H,1H3,(H,30,32)(H,34,35). The molecular formula is C25H18F3N3O5. The van der Waals surface area contributed by atoms with Crippen molar-refractivity contribution in [1.29, 1.82) is 0 Å². The molecule has 184 valence electrons. The number of rotatable bonds is 6. The number of halogens is 3. The fourth-order valence-corrected chi connectivity index (χ4v) is 3.63. The van der Waals surface area contributed by atoms with Crippen LogP contribution in [-0.2, 0) is 11.0 Å². The van der Waals surface area contributed by atoms with Crippen molar-refractivity contribution in [3.63, 3.8) is 0 Å². The number of alkyl halides is 3. The predicted octanol–water partition coefficient (Wildman–Crippen LogP) is 4.37. The van der Waals surface area contributed by atoms with Crippen molar-refractivity contribution in [2.45, 2.75) is 6.18 Å². The predicted molar refractivity (Wildman–Crippen MR) is 124 cm³/mol. The molecule has 8 nitrogen and oxygen atoms in total. The van der Waals surface area contributed by atoms with Crippen LogP contribution in [0.25, 0.3) is 5.57 Å². The topological polar surface area (TPSA) is 108 Å². The lowest BCUT2D eigenvalue weighted by atomic mass is 10.1. The number of hydrazine groups is 1. The van der Waals surface area contributed by atoms with Crippen LogP contribution < -0.4 is 20.5 Å². The van der Waals surface area contributed by atoms with Gasteiger partial charge in [-0.15, -0.1) is 0 Å². The normalized spacial score (nSPS) is 13.9. The Balaban J connectivity index is 1.67. The Kier molecular flexibility index (Phi) is 6.39. The van der Waals surface area contributed by atoms with E-state index in [0.717, 1.165) is 29.3 Å². The fourth-order valence-electron chi connectivity index (χ4n) is 3.63. The number of aromatic carboxylic acids is 1. The van der Waals surface area contributed by atoms with Gasteiger partial charge in [-0.05, 0) is 54.6 Å².